The van der Waals surface area contributed by atoms with Gasteiger partial charge in [-0.25, -0.2) is 0 Å². The standard InChI is InChI=1S/C31H37N9O3/c32-27(33)20-11-9-19(10-12-20)15-24(22-7-3-13-37-17-22)30(43)40-18-23-6-2-1-5-21(23)16-26(40)29(42)39-25(28(34)41)8-4-14-38-31(35)36/h1-3,5-7,9-13,17,24-26H,4,8,14-16,18H2,(H3,32,33)(H2,34,41)(H,39,42)(H4,35,36,38)/t24?,25-,26-/m0/s1. The Hall–Kier alpha value is -5.26. The van der Waals surface area contributed by atoms with Gasteiger partial charge in [-0.3, -0.25) is 29.8 Å². The second kappa shape index (κ2) is 14.1. The number of carbonyl (C=O) groups is 3. The third kappa shape index (κ3) is 7.94. The molecule has 0 aliphatic carbocycles. The molecule has 1 unspecified atom stereocenters. The Balaban J connectivity index is 1.63. The maximum absolute atomic E-state index is 14.4. The zero-order chi connectivity index (χ0) is 30.9. The highest BCUT2D eigenvalue weighted by Crippen LogP contribution is 2.30. The van der Waals surface area contributed by atoms with Crippen LogP contribution in [0.15, 0.2) is 78.0 Å². The number of nitrogen functional groups attached to an aromatic ring is 1. The molecule has 0 spiro atoms. The van der Waals surface area contributed by atoms with Crippen molar-refractivity contribution in [2.24, 2.45) is 27.9 Å². The molecule has 1 aromatic heterocycles. The summed E-state index contributed by atoms with van der Waals surface area (Å²) in [6, 6.07) is 16.6. The number of nitrogens with zero attached hydrogens (tertiary/aromatic N) is 3. The molecule has 1 aliphatic heterocycles. The second-order valence-electron chi connectivity index (χ2n) is 10.5. The fourth-order valence-electron chi connectivity index (χ4n) is 5.23. The predicted octanol–water partition coefficient (Wildman–Crippen LogP) is 0.669. The normalized spacial score (nSPS) is 15.4. The highest BCUT2D eigenvalue weighted by molar-refractivity contribution is 5.95. The average molecular weight is 584 g/mol. The van der Waals surface area contributed by atoms with E-state index >= 15 is 0 Å². The first-order valence-electron chi connectivity index (χ1n) is 14.0. The molecule has 0 bridgehead atoms. The zero-order valence-electron chi connectivity index (χ0n) is 23.8. The lowest BCUT2D eigenvalue weighted by molar-refractivity contribution is -0.143. The molecule has 0 saturated carbocycles. The van der Waals surface area contributed by atoms with Crippen LogP contribution in [-0.4, -0.2) is 58.0 Å². The van der Waals surface area contributed by atoms with Gasteiger partial charge in [0.25, 0.3) is 0 Å². The quantitative estimate of drug-likeness (QED) is 0.101. The number of hydrogen-bond donors (Lipinski definition) is 6. The summed E-state index contributed by atoms with van der Waals surface area (Å²) in [5.41, 5.74) is 26.0. The monoisotopic (exact) mass is 583 g/mol. The van der Waals surface area contributed by atoms with E-state index < -0.39 is 29.8 Å². The van der Waals surface area contributed by atoms with E-state index in [9.17, 15) is 14.4 Å². The molecule has 4 rings (SSSR count). The number of nitrogens with one attached hydrogen (secondary N) is 2. The molecule has 0 saturated heterocycles. The Morgan fingerprint density at radius 2 is 1.72 bits per heavy atom. The van der Waals surface area contributed by atoms with Crippen LogP contribution < -0.4 is 28.3 Å². The molecular weight excluding hydrogens is 546 g/mol. The lowest BCUT2D eigenvalue weighted by Crippen LogP contribution is -2.57. The van der Waals surface area contributed by atoms with E-state index in [-0.39, 0.29) is 43.6 Å². The number of aliphatic imine (C=N–C) groups is 1. The topological polar surface area (TPSA) is 220 Å². The molecule has 10 N–H and O–H groups in total. The summed E-state index contributed by atoms with van der Waals surface area (Å²) < 4.78 is 0. The molecule has 1 aliphatic rings. The van der Waals surface area contributed by atoms with Crippen LogP contribution >= 0.6 is 0 Å². The van der Waals surface area contributed by atoms with Gasteiger partial charge in [0.1, 0.15) is 17.9 Å². The summed E-state index contributed by atoms with van der Waals surface area (Å²) in [4.78, 5) is 50.2. The lowest BCUT2D eigenvalue weighted by atomic mass is 9.87. The van der Waals surface area contributed by atoms with Gasteiger partial charge in [-0.1, -0.05) is 54.6 Å². The molecule has 43 heavy (non-hydrogen) atoms. The van der Waals surface area contributed by atoms with Crippen molar-refractivity contribution in [1.82, 2.24) is 15.2 Å². The number of amidine groups is 1. The van der Waals surface area contributed by atoms with Crippen molar-refractivity contribution in [2.75, 3.05) is 6.54 Å². The van der Waals surface area contributed by atoms with Gasteiger partial charge in [-0.05, 0) is 47.6 Å². The Bertz CT molecular complexity index is 1490. The molecule has 0 fully saturated rings. The largest absolute Gasteiger partial charge is 0.384 e. The summed E-state index contributed by atoms with van der Waals surface area (Å²) >= 11 is 0. The van der Waals surface area contributed by atoms with Crippen LogP contribution in [0, 0.1) is 5.41 Å². The van der Waals surface area contributed by atoms with E-state index in [0.29, 0.717) is 24.0 Å². The highest BCUT2D eigenvalue weighted by Gasteiger charge is 2.39. The second-order valence-corrected chi connectivity index (χ2v) is 10.5. The highest BCUT2D eigenvalue weighted by atomic mass is 16.2. The number of fused-ring (bicyclic) bond motifs is 1. The van der Waals surface area contributed by atoms with Crippen molar-refractivity contribution in [3.8, 4) is 0 Å². The van der Waals surface area contributed by atoms with Gasteiger partial charge in [0.15, 0.2) is 5.96 Å². The van der Waals surface area contributed by atoms with Gasteiger partial charge in [0, 0.05) is 37.5 Å². The molecule has 12 nitrogen and oxygen atoms in total. The third-order valence-electron chi connectivity index (χ3n) is 7.53. The van der Waals surface area contributed by atoms with Crippen molar-refractivity contribution in [2.45, 2.75) is 50.2 Å². The van der Waals surface area contributed by atoms with E-state index in [1.165, 1.54) is 0 Å². The Kier molecular flexibility index (Phi) is 10.0. The summed E-state index contributed by atoms with van der Waals surface area (Å²) in [6.45, 7) is 0.502. The van der Waals surface area contributed by atoms with Gasteiger partial charge in [-0.15, -0.1) is 0 Å². The van der Waals surface area contributed by atoms with Crippen molar-refractivity contribution in [3.63, 3.8) is 0 Å². The fourth-order valence-corrected chi connectivity index (χ4v) is 5.23. The van der Waals surface area contributed by atoms with Crippen LogP contribution in [0.3, 0.4) is 0 Å². The van der Waals surface area contributed by atoms with E-state index in [2.05, 4.69) is 15.3 Å². The van der Waals surface area contributed by atoms with E-state index in [1.54, 1.807) is 35.5 Å². The van der Waals surface area contributed by atoms with Gasteiger partial charge < -0.3 is 33.2 Å². The number of primary amides is 1. The third-order valence-corrected chi connectivity index (χ3v) is 7.53. The van der Waals surface area contributed by atoms with Crippen molar-refractivity contribution >= 4 is 29.5 Å². The number of rotatable bonds is 12. The SMILES string of the molecule is N=C(N)c1ccc(CC(C(=O)N2Cc3ccccc3C[C@H]2C(=O)N[C@@H](CCCN=C(N)N)C(N)=O)c2cccnc2)cc1. The van der Waals surface area contributed by atoms with Gasteiger partial charge in [-0.2, -0.15) is 0 Å². The first kappa shape index (κ1) is 30.7. The minimum absolute atomic E-state index is 0.0437. The van der Waals surface area contributed by atoms with Crippen LogP contribution in [0.2, 0.25) is 0 Å². The minimum Gasteiger partial charge on any atom is -0.384 e. The first-order valence-corrected chi connectivity index (χ1v) is 14.0. The number of benzene rings is 2. The summed E-state index contributed by atoms with van der Waals surface area (Å²) in [5.74, 6) is -2.16. The Morgan fingerprint density at radius 1 is 1.00 bits per heavy atom. The molecule has 3 atom stereocenters. The zero-order valence-corrected chi connectivity index (χ0v) is 23.8. The van der Waals surface area contributed by atoms with Gasteiger partial charge >= 0.3 is 0 Å². The summed E-state index contributed by atoms with van der Waals surface area (Å²) in [5, 5.41) is 10.4. The van der Waals surface area contributed by atoms with Crippen LogP contribution in [0.5, 0.6) is 0 Å². The maximum atomic E-state index is 14.4. The number of nitrogens with two attached hydrogens (primary N) is 4. The van der Waals surface area contributed by atoms with E-state index in [4.69, 9.17) is 28.3 Å². The van der Waals surface area contributed by atoms with E-state index in [0.717, 1.165) is 16.7 Å². The van der Waals surface area contributed by atoms with Crippen LogP contribution in [0.1, 0.15) is 46.6 Å². The predicted molar refractivity (Wildman–Crippen MR) is 164 cm³/mol. The Labute approximate surface area is 250 Å². The van der Waals surface area contributed by atoms with Gasteiger partial charge in [0.2, 0.25) is 17.7 Å². The minimum atomic E-state index is -0.954. The average Bonchev–Trinajstić information content (AvgIpc) is 3.00. The fraction of sp³-hybridized carbons (Fsp3) is 0.290. The van der Waals surface area contributed by atoms with Gasteiger partial charge in [0.05, 0.1) is 5.92 Å². The molecule has 224 valence electrons. The number of pyridine rings is 1. The number of guanidine groups is 1. The molecule has 3 amide bonds. The molecular formula is C31H37N9O3. The first-order chi connectivity index (χ1) is 20.6. The number of carbonyl (C=O) groups excluding carboxylic acids is 3. The molecule has 0 radical (unpaired) electrons. The molecule has 12 heteroatoms. The molecule has 3 aromatic rings. The number of hydrogen-bond acceptors (Lipinski definition) is 6. The smallest absolute Gasteiger partial charge is 0.243 e. The summed E-state index contributed by atoms with van der Waals surface area (Å²) in [7, 11) is 0. The van der Waals surface area contributed by atoms with Crippen LogP contribution in [0.25, 0.3) is 0 Å². The lowest BCUT2D eigenvalue weighted by Gasteiger charge is -2.38. The maximum Gasteiger partial charge on any atom is 0.243 e. The molecule has 2 heterocycles. The number of amides is 3. The van der Waals surface area contributed by atoms with Crippen molar-refractivity contribution < 1.29 is 14.4 Å². The van der Waals surface area contributed by atoms with Crippen LogP contribution in [-0.2, 0) is 33.8 Å². The Morgan fingerprint density at radius 3 is 2.35 bits per heavy atom. The van der Waals surface area contributed by atoms with Crippen molar-refractivity contribution in [1.29, 1.82) is 5.41 Å². The molecule has 2 aromatic carbocycles. The van der Waals surface area contributed by atoms with E-state index in [1.807, 2.05) is 42.5 Å². The van der Waals surface area contributed by atoms with Crippen LogP contribution in [0.4, 0.5) is 0 Å². The number of aromatic nitrogens is 1. The summed E-state index contributed by atoms with van der Waals surface area (Å²) in [6.07, 6.45) is 4.57. The van der Waals surface area contributed by atoms with Crippen molar-refractivity contribution in [3.05, 3.63) is 101 Å².